The standard InChI is InChI=1S/C18H14FNO3/c1-2-22-17-11-14(12-20)5-9-16(17)23-18(21)10-6-13-3-7-15(19)8-4-13/h3-11H,2H2,1H3/b10-6+. The van der Waals surface area contributed by atoms with E-state index in [0.29, 0.717) is 23.5 Å². The van der Waals surface area contributed by atoms with Crippen LogP contribution in [-0.2, 0) is 4.79 Å². The van der Waals surface area contributed by atoms with Crippen LogP contribution in [0, 0.1) is 17.1 Å². The van der Waals surface area contributed by atoms with Crippen LogP contribution in [0.4, 0.5) is 4.39 Å². The van der Waals surface area contributed by atoms with Gasteiger partial charge in [-0.1, -0.05) is 12.1 Å². The molecule has 0 N–H and O–H groups in total. The van der Waals surface area contributed by atoms with Gasteiger partial charge in [0.05, 0.1) is 18.2 Å². The minimum absolute atomic E-state index is 0.236. The normalized spacial score (nSPS) is 10.3. The maximum Gasteiger partial charge on any atom is 0.336 e. The van der Waals surface area contributed by atoms with Gasteiger partial charge in [-0.15, -0.1) is 0 Å². The van der Waals surface area contributed by atoms with Crippen LogP contribution in [0.2, 0.25) is 0 Å². The van der Waals surface area contributed by atoms with Crippen molar-refractivity contribution in [2.24, 2.45) is 0 Å². The first-order chi connectivity index (χ1) is 11.1. The number of carbonyl (C=O) groups is 1. The van der Waals surface area contributed by atoms with E-state index in [1.165, 1.54) is 42.5 Å². The van der Waals surface area contributed by atoms with Crippen molar-refractivity contribution in [1.82, 2.24) is 0 Å². The molecule has 4 nitrogen and oxygen atoms in total. The lowest BCUT2D eigenvalue weighted by molar-refractivity contribution is -0.129. The van der Waals surface area contributed by atoms with Crippen molar-refractivity contribution in [3.05, 3.63) is 65.5 Å². The summed E-state index contributed by atoms with van der Waals surface area (Å²) in [7, 11) is 0. The van der Waals surface area contributed by atoms with E-state index in [4.69, 9.17) is 14.7 Å². The number of nitriles is 1. The summed E-state index contributed by atoms with van der Waals surface area (Å²) in [6, 6.07) is 12.3. The molecule has 2 rings (SSSR count). The molecule has 0 aliphatic carbocycles. The highest BCUT2D eigenvalue weighted by atomic mass is 19.1. The Hall–Kier alpha value is -3.13. The van der Waals surface area contributed by atoms with Crippen molar-refractivity contribution in [3.8, 4) is 17.6 Å². The van der Waals surface area contributed by atoms with Crippen molar-refractivity contribution in [3.63, 3.8) is 0 Å². The van der Waals surface area contributed by atoms with Crippen molar-refractivity contribution >= 4 is 12.0 Å². The number of rotatable bonds is 5. The molecule has 0 heterocycles. The molecule has 0 saturated carbocycles. The Balaban J connectivity index is 2.10. The van der Waals surface area contributed by atoms with Crippen molar-refractivity contribution in [2.75, 3.05) is 6.61 Å². The number of halogens is 1. The molecule has 0 atom stereocenters. The second kappa shape index (κ2) is 7.76. The number of esters is 1. The maximum atomic E-state index is 12.8. The monoisotopic (exact) mass is 311 g/mol. The molecule has 0 unspecified atom stereocenters. The first-order valence-corrected chi connectivity index (χ1v) is 6.94. The summed E-state index contributed by atoms with van der Waals surface area (Å²) >= 11 is 0. The molecule has 0 radical (unpaired) electrons. The molecule has 0 bridgehead atoms. The van der Waals surface area contributed by atoms with Gasteiger partial charge in [-0.3, -0.25) is 0 Å². The van der Waals surface area contributed by atoms with Gasteiger partial charge in [-0.25, -0.2) is 9.18 Å². The molecule has 0 amide bonds. The Bertz CT molecular complexity index is 761. The second-order valence-corrected chi connectivity index (χ2v) is 4.51. The molecule has 2 aromatic rings. The van der Waals surface area contributed by atoms with Gasteiger partial charge in [0.2, 0.25) is 0 Å². The van der Waals surface area contributed by atoms with Crippen LogP contribution >= 0.6 is 0 Å². The Labute approximate surface area is 133 Å². The number of hydrogen-bond donors (Lipinski definition) is 0. The first-order valence-electron chi connectivity index (χ1n) is 6.94. The van der Waals surface area contributed by atoms with Crippen LogP contribution in [0.1, 0.15) is 18.1 Å². The minimum atomic E-state index is -0.597. The third-order valence-electron chi connectivity index (χ3n) is 2.87. The van der Waals surface area contributed by atoms with Crippen LogP contribution in [0.3, 0.4) is 0 Å². The quantitative estimate of drug-likeness (QED) is 0.480. The molecule has 5 heteroatoms. The number of carbonyl (C=O) groups excluding carboxylic acids is 1. The zero-order valence-electron chi connectivity index (χ0n) is 12.5. The predicted octanol–water partition coefficient (Wildman–Crippen LogP) is 3.71. The van der Waals surface area contributed by atoms with Crippen molar-refractivity contribution in [2.45, 2.75) is 6.92 Å². The lowest BCUT2D eigenvalue weighted by atomic mass is 10.2. The van der Waals surface area contributed by atoms with Crippen molar-refractivity contribution in [1.29, 1.82) is 5.26 Å². The fourth-order valence-corrected chi connectivity index (χ4v) is 1.81. The van der Waals surface area contributed by atoms with Crippen LogP contribution in [0.25, 0.3) is 6.08 Å². The SMILES string of the molecule is CCOc1cc(C#N)ccc1OC(=O)/C=C/c1ccc(F)cc1. The molecule has 0 aliphatic rings. The predicted molar refractivity (Wildman–Crippen MR) is 83.4 cm³/mol. The largest absolute Gasteiger partial charge is 0.490 e. The molecule has 116 valence electrons. The summed E-state index contributed by atoms with van der Waals surface area (Å²) in [6.45, 7) is 2.17. The second-order valence-electron chi connectivity index (χ2n) is 4.51. The lowest BCUT2D eigenvalue weighted by Gasteiger charge is -2.09. The van der Waals surface area contributed by atoms with E-state index in [1.807, 2.05) is 6.07 Å². The minimum Gasteiger partial charge on any atom is -0.490 e. The first kappa shape index (κ1) is 16.2. The zero-order valence-corrected chi connectivity index (χ0v) is 12.5. The Morgan fingerprint density at radius 1 is 1.22 bits per heavy atom. The van der Waals surface area contributed by atoms with Crippen LogP contribution in [0.15, 0.2) is 48.5 Å². The van der Waals surface area contributed by atoms with Crippen LogP contribution in [-0.4, -0.2) is 12.6 Å². The van der Waals surface area contributed by atoms with E-state index >= 15 is 0 Å². The van der Waals surface area contributed by atoms with Gasteiger partial charge in [0, 0.05) is 12.1 Å². The van der Waals surface area contributed by atoms with E-state index in [2.05, 4.69) is 0 Å². The average Bonchev–Trinajstić information content (AvgIpc) is 2.56. The van der Waals surface area contributed by atoms with E-state index in [-0.39, 0.29) is 11.6 Å². The van der Waals surface area contributed by atoms with E-state index in [1.54, 1.807) is 19.1 Å². The van der Waals surface area contributed by atoms with E-state index in [9.17, 15) is 9.18 Å². The van der Waals surface area contributed by atoms with Gasteiger partial charge in [0.25, 0.3) is 0 Å². The van der Waals surface area contributed by atoms with Gasteiger partial charge in [-0.05, 0) is 42.8 Å². The number of ether oxygens (including phenoxy) is 2. The number of benzene rings is 2. The summed E-state index contributed by atoms with van der Waals surface area (Å²) in [5.41, 5.74) is 1.09. The highest BCUT2D eigenvalue weighted by Gasteiger charge is 2.09. The molecule has 23 heavy (non-hydrogen) atoms. The third-order valence-corrected chi connectivity index (χ3v) is 2.87. The van der Waals surface area contributed by atoms with Gasteiger partial charge in [-0.2, -0.15) is 5.26 Å². The molecular weight excluding hydrogens is 297 g/mol. The summed E-state index contributed by atoms with van der Waals surface area (Å²) in [4.78, 5) is 11.9. The van der Waals surface area contributed by atoms with Crippen molar-refractivity contribution < 1.29 is 18.7 Å². The molecule has 2 aromatic carbocycles. The number of hydrogen-bond acceptors (Lipinski definition) is 4. The molecule has 0 fully saturated rings. The van der Waals surface area contributed by atoms with Gasteiger partial charge >= 0.3 is 5.97 Å². The Morgan fingerprint density at radius 3 is 2.61 bits per heavy atom. The summed E-state index contributed by atoms with van der Waals surface area (Å²) in [5, 5.41) is 8.88. The fraction of sp³-hybridized carbons (Fsp3) is 0.111. The average molecular weight is 311 g/mol. The van der Waals surface area contributed by atoms with E-state index < -0.39 is 5.97 Å². The van der Waals surface area contributed by atoms with Gasteiger partial charge in [0.15, 0.2) is 11.5 Å². The Kier molecular flexibility index (Phi) is 5.48. The third kappa shape index (κ3) is 4.68. The van der Waals surface area contributed by atoms with Crippen LogP contribution in [0.5, 0.6) is 11.5 Å². The Morgan fingerprint density at radius 2 is 1.96 bits per heavy atom. The molecular formula is C18H14FNO3. The number of nitrogens with zero attached hydrogens (tertiary/aromatic N) is 1. The molecule has 0 aromatic heterocycles. The zero-order chi connectivity index (χ0) is 16.7. The lowest BCUT2D eigenvalue weighted by Crippen LogP contribution is -2.06. The highest BCUT2D eigenvalue weighted by molar-refractivity contribution is 5.89. The summed E-state index contributed by atoms with van der Waals surface area (Å²) in [5.74, 6) is -0.377. The fourth-order valence-electron chi connectivity index (χ4n) is 1.81. The van der Waals surface area contributed by atoms with Gasteiger partial charge < -0.3 is 9.47 Å². The molecule has 0 spiro atoms. The molecule has 0 saturated heterocycles. The maximum absolute atomic E-state index is 12.8. The summed E-state index contributed by atoms with van der Waals surface area (Å²) < 4.78 is 23.4. The smallest absolute Gasteiger partial charge is 0.336 e. The topological polar surface area (TPSA) is 59.3 Å². The van der Waals surface area contributed by atoms with E-state index in [0.717, 1.165) is 0 Å². The summed E-state index contributed by atoms with van der Waals surface area (Å²) in [6.07, 6.45) is 2.76. The van der Waals surface area contributed by atoms with Gasteiger partial charge in [0.1, 0.15) is 5.82 Å². The van der Waals surface area contributed by atoms with Crippen LogP contribution < -0.4 is 9.47 Å². The highest BCUT2D eigenvalue weighted by Crippen LogP contribution is 2.28. The molecule has 0 aliphatic heterocycles.